The quantitative estimate of drug-likeness (QED) is 0.313. The third-order valence-corrected chi connectivity index (χ3v) is 2.26. The van der Waals surface area contributed by atoms with E-state index in [9.17, 15) is 0 Å². The normalized spacial score (nSPS) is 11.7. The Morgan fingerprint density at radius 1 is 1.33 bits per heavy atom. The first-order valence-corrected chi connectivity index (χ1v) is 4.64. The number of nitrogens with zero attached hydrogens (tertiary/aromatic N) is 2. The Balaban J connectivity index is 2.71. The van der Waals surface area contributed by atoms with Crippen LogP contribution < -0.4 is 11.3 Å². The third-order valence-electron chi connectivity index (χ3n) is 2.26. The van der Waals surface area contributed by atoms with Crippen molar-refractivity contribution in [2.24, 2.45) is 10.8 Å². The van der Waals surface area contributed by atoms with Crippen molar-refractivity contribution in [1.29, 1.82) is 0 Å². The van der Waals surface area contributed by atoms with Crippen LogP contribution in [0.5, 0.6) is 0 Å². The van der Waals surface area contributed by atoms with Crippen LogP contribution >= 0.6 is 0 Å². The van der Waals surface area contributed by atoms with Gasteiger partial charge < -0.3 is 5.43 Å². The highest BCUT2D eigenvalue weighted by atomic mass is 15.2. The molecule has 76 valence electrons. The van der Waals surface area contributed by atoms with Crippen LogP contribution in [0.4, 0.5) is 0 Å². The molecule has 1 aromatic carbocycles. The maximum atomic E-state index is 5.41. The molecule has 0 amide bonds. The van der Waals surface area contributed by atoms with Crippen molar-refractivity contribution in [2.75, 3.05) is 7.05 Å². The maximum Gasteiger partial charge on any atom is 0.142 e. The Kier molecular flexibility index (Phi) is 2.60. The Morgan fingerprint density at radius 3 is 2.93 bits per heavy atom. The average Bonchev–Trinajstić information content (AvgIpc) is 2.31. The molecule has 0 unspecified atom stereocenters. The van der Waals surface area contributed by atoms with Crippen LogP contribution in [-0.2, 0) is 0 Å². The van der Waals surface area contributed by atoms with Crippen LogP contribution in [0.2, 0.25) is 0 Å². The van der Waals surface area contributed by atoms with Crippen LogP contribution in [-0.4, -0.2) is 17.9 Å². The second-order valence-electron chi connectivity index (χ2n) is 3.09. The summed E-state index contributed by atoms with van der Waals surface area (Å²) in [7, 11) is 1.70. The predicted molar refractivity (Wildman–Crippen MR) is 61.5 cm³/mol. The first kappa shape index (κ1) is 9.61. The van der Waals surface area contributed by atoms with Crippen molar-refractivity contribution in [3.05, 3.63) is 42.1 Å². The fraction of sp³-hybridized carbons (Fsp3) is 0.0909. The van der Waals surface area contributed by atoms with Crippen LogP contribution in [0.25, 0.3) is 10.9 Å². The molecule has 15 heavy (non-hydrogen) atoms. The molecule has 0 fully saturated rings. The minimum atomic E-state index is 0.661. The van der Waals surface area contributed by atoms with Gasteiger partial charge in [-0.1, -0.05) is 18.2 Å². The summed E-state index contributed by atoms with van der Waals surface area (Å²) in [5.74, 6) is 6.07. The van der Waals surface area contributed by atoms with Gasteiger partial charge in [0.05, 0.1) is 5.52 Å². The molecule has 4 nitrogen and oxygen atoms in total. The highest BCUT2D eigenvalue weighted by molar-refractivity contribution is 6.08. The second-order valence-corrected chi connectivity index (χ2v) is 3.09. The molecule has 0 bridgehead atoms. The van der Waals surface area contributed by atoms with Crippen molar-refractivity contribution in [3.63, 3.8) is 0 Å². The molecule has 0 aliphatic carbocycles. The molecular weight excluding hydrogens is 188 g/mol. The zero-order valence-electron chi connectivity index (χ0n) is 8.44. The molecule has 0 atom stereocenters. The number of nitrogens with one attached hydrogen (secondary N) is 1. The SMILES string of the molecule is CN=C(NN)c1cccc2ncccc12. The Labute approximate surface area is 87.8 Å². The van der Waals surface area contributed by atoms with Gasteiger partial charge in [-0.2, -0.15) is 0 Å². The van der Waals surface area contributed by atoms with Gasteiger partial charge in [-0.3, -0.25) is 9.98 Å². The summed E-state index contributed by atoms with van der Waals surface area (Å²) < 4.78 is 0. The molecule has 0 aliphatic heterocycles. The molecule has 0 spiro atoms. The van der Waals surface area contributed by atoms with Gasteiger partial charge >= 0.3 is 0 Å². The van der Waals surface area contributed by atoms with E-state index >= 15 is 0 Å². The van der Waals surface area contributed by atoms with E-state index in [0.717, 1.165) is 16.5 Å². The number of fused-ring (bicyclic) bond motifs is 1. The van der Waals surface area contributed by atoms with Gasteiger partial charge in [0.15, 0.2) is 0 Å². The highest BCUT2D eigenvalue weighted by Gasteiger charge is 2.05. The van der Waals surface area contributed by atoms with Gasteiger partial charge in [-0.05, 0) is 12.1 Å². The Morgan fingerprint density at radius 2 is 2.20 bits per heavy atom. The maximum absolute atomic E-state index is 5.41. The lowest BCUT2D eigenvalue weighted by Crippen LogP contribution is -2.31. The number of aromatic nitrogens is 1. The first-order valence-electron chi connectivity index (χ1n) is 4.64. The molecule has 4 heteroatoms. The van der Waals surface area contributed by atoms with Crippen molar-refractivity contribution in [1.82, 2.24) is 10.4 Å². The molecule has 1 aromatic heterocycles. The number of hydrazine groups is 1. The summed E-state index contributed by atoms with van der Waals surface area (Å²) in [5, 5.41) is 1.04. The number of benzene rings is 1. The predicted octanol–water partition coefficient (Wildman–Crippen LogP) is 1.07. The standard InChI is InChI=1S/C11H12N4/c1-13-11(15-12)9-4-2-6-10-8(9)5-3-7-14-10/h2-7H,12H2,1H3,(H,13,15). The fourth-order valence-electron chi connectivity index (χ4n) is 1.57. The topological polar surface area (TPSA) is 63.3 Å². The van der Waals surface area contributed by atoms with Crippen LogP contribution in [0.15, 0.2) is 41.5 Å². The molecule has 0 saturated heterocycles. The monoisotopic (exact) mass is 200 g/mol. The number of aliphatic imine (C=N–C) groups is 1. The van der Waals surface area contributed by atoms with E-state index in [0.29, 0.717) is 5.84 Å². The van der Waals surface area contributed by atoms with Gasteiger partial charge in [0.2, 0.25) is 0 Å². The van der Waals surface area contributed by atoms with Gasteiger partial charge in [0.1, 0.15) is 5.84 Å². The summed E-state index contributed by atoms with van der Waals surface area (Å²) in [5.41, 5.74) is 4.48. The largest absolute Gasteiger partial charge is 0.308 e. The molecule has 2 rings (SSSR count). The molecule has 0 aliphatic rings. The van der Waals surface area contributed by atoms with E-state index in [1.54, 1.807) is 13.2 Å². The van der Waals surface area contributed by atoms with Gasteiger partial charge in [-0.15, -0.1) is 0 Å². The summed E-state index contributed by atoms with van der Waals surface area (Å²) >= 11 is 0. The summed E-state index contributed by atoms with van der Waals surface area (Å²) in [6.07, 6.45) is 1.77. The lowest BCUT2D eigenvalue weighted by Gasteiger charge is -2.07. The molecular formula is C11H12N4. The van der Waals surface area contributed by atoms with Crippen molar-refractivity contribution < 1.29 is 0 Å². The highest BCUT2D eigenvalue weighted by Crippen LogP contribution is 2.16. The number of rotatable bonds is 1. The number of nitrogens with two attached hydrogens (primary N) is 1. The molecule has 3 N–H and O–H groups in total. The second kappa shape index (κ2) is 4.06. The van der Waals surface area contributed by atoms with Crippen molar-refractivity contribution >= 4 is 16.7 Å². The minimum absolute atomic E-state index is 0.661. The van der Waals surface area contributed by atoms with E-state index < -0.39 is 0 Å². The van der Waals surface area contributed by atoms with Crippen molar-refractivity contribution in [3.8, 4) is 0 Å². The van der Waals surface area contributed by atoms with E-state index in [1.165, 1.54) is 0 Å². The minimum Gasteiger partial charge on any atom is -0.308 e. The van der Waals surface area contributed by atoms with Gasteiger partial charge in [-0.25, -0.2) is 5.84 Å². The average molecular weight is 200 g/mol. The Bertz CT molecular complexity index is 499. The van der Waals surface area contributed by atoms with Crippen LogP contribution in [0.1, 0.15) is 5.56 Å². The zero-order valence-corrected chi connectivity index (χ0v) is 8.44. The Hall–Kier alpha value is -1.94. The molecule has 1 heterocycles. The molecule has 0 saturated carbocycles. The van der Waals surface area contributed by atoms with Crippen LogP contribution in [0.3, 0.4) is 0 Å². The lowest BCUT2D eigenvalue weighted by molar-refractivity contribution is 1.02. The number of pyridine rings is 1. The van der Waals surface area contributed by atoms with E-state index in [4.69, 9.17) is 5.84 Å². The molecule has 2 aromatic rings. The first-order chi connectivity index (χ1) is 7.36. The molecule has 0 radical (unpaired) electrons. The van der Waals surface area contributed by atoms with Crippen LogP contribution in [0, 0.1) is 0 Å². The smallest absolute Gasteiger partial charge is 0.142 e. The number of hydrogen-bond acceptors (Lipinski definition) is 3. The van der Waals surface area contributed by atoms with Gasteiger partial charge in [0.25, 0.3) is 0 Å². The summed E-state index contributed by atoms with van der Waals surface area (Å²) in [6.45, 7) is 0. The summed E-state index contributed by atoms with van der Waals surface area (Å²) in [6, 6.07) is 9.76. The zero-order chi connectivity index (χ0) is 10.7. The third kappa shape index (κ3) is 1.67. The lowest BCUT2D eigenvalue weighted by atomic mass is 10.1. The van der Waals surface area contributed by atoms with E-state index in [2.05, 4.69) is 15.4 Å². The number of hydrogen-bond donors (Lipinski definition) is 2. The number of amidine groups is 1. The van der Waals surface area contributed by atoms with Gasteiger partial charge in [0, 0.05) is 24.2 Å². The van der Waals surface area contributed by atoms with E-state index in [1.807, 2.05) is 30.3 Å². The summed E-state index contributed by atoms with van der Waals surface area (Å²) in [4.78, 5) is 8.35. The van der Waals surface area contributed by atoms with Crippen molar-refractivity contribution in [2.45, 2.75) is 0 Å². The fourth-order valence-corrected chi connectivity index (χ4v) is 1.57. The van der Waals surface area contributed by atoms with E-state index in [-0.39, 0.29) is 0 Å².